The number of aliphatic hydroxyl groups is 1. The summed E-state index contributed by atoms with van der Waals surface area (Å²) in [7, 11) is -3.47. The molecule has 0 spiro atoms. The highest BCUT2D eigenvalue weighted by Gasteiger charge is 2.44. The quantitative estimate of drug-likeness (QED) is 0.814. The van der Waals surface area contributed by atoms with Gasteiger partial charge in [-0.25, -0.2) is 13.1 Å². The van der Waals surface area contributed by atoms with Crippen molar-refractivity contribution < 1.29 is 13.5 Å². The molecule has 0 aliphatic heterocycles. The van der Waals surface area contributed by atoms with Gasteiger partial charge in [-0.3, -0.25) is 0 Å². The molecule has 0 heterocycles. The SMILES string of the molecule is Cc1ccc(S(=O)(=O)NC[C@@H]2[C@H](CO)[C@@H]3C=C[C@H]2C3)cc1. The second-order valence-electron chi connectivity index (χ2n) is 6.12. The maximum Gasteiger partial charge on any atom is 0.240 e. The van der Waals surface area contributed by atoms with E-state index in [1.165, 1.54) is 0 Å². The van der Waals surface area contributed by atoms with Crippen molar-refractivity contribution in [3.05, 3.63) is 42.0 Å². The fourth-order valence-corrected chi connectivity index (χ4v) is 4.68. The lowest BCUT2D eigenvalue weighted by Crippen LogP contribution is -2.35. The molecular formula is C16H21NO3S. The molecule has 4 nitrogen and oxygen atoms in total. The molecule has 21 heavy (non-hydrogen) atoms. The number of sulfonamides is 1. The molecule has 1 fully saturated rings. The zero-order valence-corrected chi connectivity index (χ0v) is 12.9. The van der Waals surface area contributed by atoms with E-state index in [1.807, 2.05) is 6.92 Å². The van der Waals surface area contributed by atoms with E-state index in [0.717, 1.165) is 12.0 Å². The first-order chi connectivity index (χ1) is 10.0. The molecule has 1 aromatic rings. The lowest BCUT2D eigenvalue weighted by Gasteiger charge is -2.26. The molecular weight excluding hydrogens is 286 g/mol. The highest BCUT2D eigenvalue weighted by Crippen LogP contribution is 2.47. The second kappa shape index (κ2) is 5.55. The Morgan fingerprint density at radius 2 is 1.76 bits per heavy atom. The monoisotopic (exact) mass is 307 g/mol. The van der Waals surface area contributed by atoms with Gasteiger partial charge in [-0.1, -0.05) is 29.8 Å². The highest BCUT2D eigenvalue weighted by atomic mass is 32.2. The second-order valence-corrected chi connectivity index (χ2v) is 7.89. The van der Waals surface area contributed by atoms with Crippen molar-refractivity contribution in [3.63, 3.8) is 0 Å². The average Bonchev–Trinajstić information content (AvgIpc) is 3.06. The molecule has 0 unspecified atom stereocenters. The molecule has 0 aromatic heterocycles. The van der Waals surface area contributed by atoms with Crippen LogP contribution < -0.4 is 4.72 Å². The third-order valence-electron chi connectivity index (χ3n) is 4.85. The van der Waals surface area contributed by atoms with Crippen molar-refractivity contribution in [3.8, 4) is 0 Å². The largest absolute Gasteiger partial charge is 0.396 e. The van der Waals surface area contributed by atoms with Crippen LogP contribution in [0.4, 0.5) is 0 Å². The summed E-state index contributed by atoms with van der Waals surface area (Å²) >= 11 is 0. The predicted octanol–water partition coefficient (Wildman–Crippen LogP) is 1.70. The first kappa shape index (κ1) is 14.8. The van der Waals surface area contributed by atoms with Crippen molar-refractivity contribution in [1.29, 1.82) is 0 Å². The number of benzene rings is 1. The van der Waals surface area contributed by atoms with Crippen LogP contribution in [0, 0.1) is 30.6 Å². The Morgan fingerprint density at radius 3 is 2.38 bits per heavy atom. The number of rotatable bonds is 5. The van der Waals surface area contributed by atoms with Crippen LogP contribution in [0.25, 0.3) is 0 Å². The fourth-order valence-electron chi connectivity index (χ4n) is 3.61. The molecule has 5 heteroatoms. The van der Waals surface area contributed by atoms with E-state index in [0.29, 0.717) is 23.3 Å². The molecule has 2 N–H and O–H groups in total. The van der Waals surface area contributed by atoms with E-state index in [9.17, 15) is 13.5 Å². The Hall–Kier alpha value is -1.17. The molecule has 2 bridgehead atoms. The molecule has 1 saturated carbocycles. The molecule has 114 valence electrons. The molecule has 1 aromatic carbocycles. The van der Waals surface area contributed by atoms with Gasteiger partial charge in [0.05, 0.1) is 4.90 Å². The van der Waals surface area contributed by atoms with Crippen LogP contribution in [-0.4, -0.2) is 26.7 Å². The van der Waals surface area contributed by atoms with Crippen LogP contribution in [0.5, 0.6) is 0 Å². The van der Waals surface area contributed by atoms with Crippen molar-refractivity contribution in [1.82, 2.24) is 4.72 Å². The van der Waals surface area contributed by atoms with Gasteiger partial charge < -0.3 is 5.11 Å². The molecule has 2 aliphatic rings. The Bertz CT molecular complexity index is 636. The maximum atomic E-state index is 12.3. The van der Waals surface area contributed by atoms with Gasteiger partial charge in [-0.15, -0.1) is 0 Å². The summed E-state index contributed by atoms with van der Waals surface area (Å²) in [6.07, 6.45) is 5.38. The number of aliphatic hydroxyl groups excluding tert-OH is 1. The van der Waals surface area contributed by atoms with Crippen molar-refractivity contribution in [2.45, 2.75) is 18.2 Å². The van der Waals surface area contributed by atoms with Gasteiger partial charge in [0, 0.05) is 13.2 Å². The Labute approximate surface area is 125 Å². The standard InChI is InChI=1S/C16H21NO3S/c1-11-2-6-14(7-3-11)21(19,20)17-9-15-12-4-5-13(8-12)16(15)10-18/h2-7,12-13,15-18H,8-10H2,1H3/t12-,13+,15-,16+/m0/s1. The van der Waals surface area contributed by atoms with Crippen LogP contribution in [0.2, 0.25) is 0 Å². The van der Waals surface area contributed by atoms with Gasteiger partial charge in [0.15, 0.2) is 0 Å². The molecule has 0 saturated heterocycles. The Balaban J connectivity index is 1.69. The van der Waals surface area contributed by atoms with Crippen LogP contribution in [0.1, 0.15) is 12.0 Å². The van der Waals surface area contributed by atoms with Crippen LogP contribution in [0.3, 0.4) is 0 Å². The Kier molecular flexibility index (Phi) is 3.90. The van der Waals surface area contributed by atoms with Crippen molar-refractivity contribution in [2.24, 2.45) is 23.7 Å². The van der Waals surface area contributed by atoms with Crippen molar-refractivity contribution >= 4 is 10.0 Å². The maximum absolute atomic E-state index is 12.3. The topological polar surface area (TPSA) is 66.4 Å². The first-order valence-electron chi connectivity index (χ1n) is 7.37. The van der Waals surface area contributed by atoms with Crippen LogP contribution in [0.15, 0.2) is 41.3 Å². The zero-order valence-electron chi connectivity index (χ0n) is 12.1. The molecule has 4 atom stereocenters. The minimum atomic E-state index is -3.47. The summed E-state index contributed by atoms with van der Waals surface area (Å²) in [6.45, 7) is 2.45. The van der Waals surface area contributed by atoms with Gasteiger partial charge in [0.2, 0.25) is 10.0 Å². The van der Waals surface area contributed by atoms with E-state index in [4.69, 9.17) is 0 Å². The highest BCUT2D eigenvalue weighted by molar-refractivity contribution is 7.89. The van der Waals surface area contributed by atoms with E-state index in [2.05, 4.69) is 16.9 Å². The smallest absolute Gasteiger partial charge is 0.240 e. The van der Waals surface area contributed by atoms with E-state index >= 15 is 0 Å². The Morgan fingerprint density at radius 1 is 1.14 bits per heavy atom. The van der Waals surface area contributed by atoms with Gasteiger partial charge in [0.1, 0.15) is 0 Å². The average molecular weight is 307 g/mol. The first-order valence-corrected chi connectivity index (χ1v) is 8.85. The third kappa shape index (κ3) is 2.78. The molecule has 0 radical (unpaired) electrons. The number of aryl methyl sites for hydroxylation is 1. The van der Waals surface area contributed by atoms with Gasteiger partial charge in [-0.2, -0.15) is 0 Å². The van der Waals surface area contributed by atoms with Crippen molar-refractivity contribution in [2.75, 3.05) is 13.2 Å². The number of hydrogen-bond donors (Lipinski definition) is 2. The number of nitrogens with one attached hydrogen (secondary N) is 1. The minimum absolute atomic E-state index is 0.127. The number of allylic oxidation sites excluding steroid dienone is 2. The summed E-state index contributed by atoms with van der Waals surface area (Å²) in [5, 5.41) is 9.52. The summed E-state index contributed by atoms with van der Waals surface area (Å²) in [4.78, 5) is 0.298. The lowest BCUT2D eigenvalue weighted by molar-refractivity contribution is 0.165. The van der Waals surface area contributed by atoms with E-state index < -0.39 is 10.0 Å². The predicted molar refractivity (Wildman–Crippen MR) is 81.2 cm³/mol. The van der Waals surface area contributed by atoms with E-state index in [1.54, 1.807) is 24.3 Å². The van der Waals surface area contributed by atoms with Gasteiger partial charge in [0.25, 0.3) is 0 Å². The molecule has 3 rings (SSSR count). The lowest BCUT2D eigenvalue weighted by atomic mass is 9.84. The van der Waals surface area contributed by atoms with Gasteiger partial charge in [-0.05, 0) is 49.1 Å². The van der Waals surface area contributed by atoms with Gasteiger partial charge >= 0.3 is 0 Å². The number of fused-ring (bicyclic) bond motifs is 2. The summed E-state index contributed by atoms with van der Waals surface area (Å²) in [5.74, 6) is 1.19. The van der Waals surface area contributed by atoms with Crippen LogP contribution >= 0.6 is 0 Å². The van der Waals surface area contributed by atoms with E-state index in [-0.39, 0.29) is 18.4 Å². The third-order valence-corrected chi connectivity index (χ3v) is 6.29. The van der Waals surface area contributed by atoms with Crippen LogP contribution in [-0.2, 0) is 10.0 Å². The number of hydrogen-bond acceptors (Lipinski definition) is 3. The molecule has 2 aliphatic carbocycles. The summed E-state index contributed by atoms with van der Waals surface area (Å²) in [6, 6.07) is 6.85. The fraction of sp³-hybridized carbons (Fsp3) is 0.500. The minimum Gasteiger partial charge on any atom is -0.396 e. The summed E-state index contributed by atoms with van der Waals surface area (Å²) in [5.41, 5.74) is 1.03. The zero-order chi connectivity index (χ0) is 15.0. The molecule has 0 amide bonds. The normalized spacial score (nSPS) is 31.0. The summed E-state index contributed by atoms with van der Waals surface area (Å²) < 4.78 is 27.3.